The lowest BCUT2D eigenvalue weighted by Crippen LogP contribution is -2.38. The highest BCUT2D eigenvalue weighted by Crippen LogP contribution is 2.29. The Hall–Kier alpha value is -3.23. The minimum atomic E-state index is -4.45. The topological polar surface area (TPSA) is 67.6 Å². The molecule has 6 nitrogen and oxygen atoms in total. The lowest BCUT2D eigenvalue weighted by atomic mass is 9.96. The summed E-state index contributed by atoms with van der Waals surface area (Å²) in [6, 6.07) is 14.1. The second kappa shape index (κ2) is 8.25. The number of nitrogens with zero attached hydrogens (tertiary/aromatic N) is 2. The molecule has 3 aromatic rings. The highest BCUT2D eigenvalue weighted by molar-refractivity contribution is 5.94. The van der Waals surface area contributed by atoms with Crippen molar-refractivity contribution in [3.63, 3.8) is 0 Å². The summed E-state index contributed by atoms with van der Waals surface area (Å²) in [5.41, 5.74) is 1.72. The molecular weight excluding hydrogens is 399 g/mol. The Kier molecular flexibility index (Phi) is 5.52. The Labute approximate surface area is 170 Å². The number of aromatic nitrogens is 1. The SMILES string of the molecule is O=C(Nc1ccccc1OCC(F)(F)F)C1CCN(c2nc3ccccc3o2)CC1. The molecule has 0 aliphatic carbocycles. The molecule has 0 radical (unpaired) electrons. The number of ether oxygens (including phenoxy) is 1. The van der Waals surface area contributed by atoms with Gasteiger partial charge in [-0.3, -0.25) is 4.79 Å². The van der Waals surface area contributed by atoms with Crippen molar-refractivity contribution >= 4 is 28.7 Å². The Balaban J connectivity index is 1.36. The Bertz CT molecular complexity index is 994. The minimum Gasteiger partial charge on any atom is -0.482 e. The third kappa shape index (κ3) is 4.67. The molecule has 0 saturated carbocycles. The number of alkyl halides is 3. The second-order valence-corrected chi connectivity index (χ2v) is 7.11. The maximum Gasteiger partial charge on any atom is 0.422 e. The second-order valence-electron chi connectivity index (χ2n) is 7.11. The lowest BCUT2D eigenvalue weighted by Gasteiger charge is -2.30. The molecule has 0 bridgehead atoms. The van der Waals surface area contributed by atoms with Crippen molar-refractivity contribution in [2.75, 3.05) is 29.9 Å². The molecule has 1 fully saturated rings. The predicted molar refractivity (Wildman–Crippen MR) is 106 cm³/mol. The zero-order valence-electron chi connectivity index (χ0n) is 16.0. The van der Waals surface area contributed by atoms with Gasteiger partial charge in [-0.05, 0) is 37.1 Å². The van der Waals surface area contributed by atoms with Gasteiger partial charge in [0, 0.05) is 19.0 Å². The minimum absolute atomic E-state index is 0.00733. The summed E-state index contributed by atoms with van der Waals surface area (Å²) in [5, 5.41) is 2.70. The summed E-state index contributed by atoms with van der Waals surface area (Å²) in [5.74, 6) is -0.510. The molecule has 158 valence electrons. The van der Waals surface area contributed by atoms with Gasteiger partial charge >= 0.3 is 6.18 Å². The number of nitrogens with one attached hydrogen (secondary N) is 1. The average Bonchev–Trinajstić information content (AvgIpc) is 3.17. The van der Waals surface area contributed by atoms with Crippen LogP contribution in [0.3, 0.4) is 0 Å². The van der Waals surface area contributed by atoms with Crippen molar-refractivity contribution in [3.8, 4) is 5.75 Å². The van der Waals surface area contributed by atoms with Crippen molar-refractivity contribution in [1.82, 2.24) is 4.98 Å². The van der Waals surface area contributed by atoms with Crippen molar-refractivity contribution < 1.29 is 27.1 Å². The first-order valence-electron chi connectivity index (χ1n) is 9.59. The molecule has 1 aliphatic rings. The van der Waals surface area contributed by atoms with Crippen LogP contribution in [0.1, 0.15) is 12.8 Å². The number of anilines is 2. The number of oxazole rings is 1. The summed E-state index contributed by atoms with van der Waals surface area (Å²) < 4.78 is 47.9. The molecular formula is C21H20F3N3O3. The molecule has 9 heteroatoms. The van der Waals surface area contributed by atoms with E-state index in [-0.39, 0.29) is 23.3 Å². The third-order valence-electron chi connectivity index (χ3n) is 4.96. The van der Waals surface area contributed by atoms with Gasteiger partial charge in [-0.1, -0.05) is 24.3 Å². The van der Waals surface area contributed by atoms with E-state index in [9.17, 15) is 18.0 Å². The molecule has 0 atom stereocenters. The number of halogens is 3. The van der Waals surface area contributed by atoms with Gasteiger partial charge in [0.2, 0.25) is 5.91 Å². The predicted octanol–water partition coefficient (Wildman–Crippen LogP) is 4.62. The first kappa shape index (κ1) is 20.1. The Morgan fingerprint density at radius 1 is 1.13 bits per heavy atom. The van der Waals surface area contributed by atoms with Gasteiger partial charge in [0.25, 0.3) is 6.01 Å². The van der Waals surface area contributed by atoms with Gasteiger partial charge in [0.1, 0.15) is 11.3 Å². The van der Waals surface area contributed by atoms with Gasteiger partial charge in [0.15, 0.2) is 12.2 Å². The molecule has 0 spiro atoms. The van der Waals surface area contributed by atoms with E-state index in [0.29, 0.717) is 37.5 Å². The molecule has 1 aromatic heterocycles. The van der Waals surface area contributed by atoms with Crippen LogP contribution >= 0.6 is 0 Å². The van der Waals surface area contributed by atoms with Crippen LogP contribution in [0.25, 0.3) is 11.1 Å². The van der Waals surface area contributed by atoms with E-state index in [0.717, 1.165) is 5.52 Å². The van der Waals surface area contributed by atoms with Crippen molar-refractivity contribution in [2.45, 2.75) is 19.0 Å². The fourth-order valence-electron chi connectivity index (χ4n) is 3.42. The maximum atomic E-state index is 12.7. The van der Waals surface area contributed by atoms with E-state index in [1.54, 1.807) is 12.1 Å². The third-order valence-corrected chi connectivity index (χ3v) is 4.96. The first-order valence-corrected chi connectivity index (χ1v) is 9.59. The van der Waals surface area contributed by atoms with Crippen LogP contribution in [0.5, 0.6) is 5.75 Å². The van der Waals surface area contributed by atoms with Gasteiger partial charge in [-0.25, -0.2) is 0 Å². The largest absolute Gasteiger partial charge is 0.482 e. The van der Waals surface area contributed by atoms with E-state index in [2.05, 4.69) is 10.3 Å². The Morgan fingerprint density at radius 2 is 1.83 bits per heavy atom. The zero-order chi connectivity index (χ0) is 21.1. The number of rotatable bonds is 5. The van der Waals surface area contributed by atoms with Gasteiger partial charge < -0.3 is 19.4 Å². The van der Waals surface area contributed by atoms with E-state index in [1.165, 1.54) is 12.1 Å². The zero-order valence-corrected chi connectivity index (χ0v) is 16.0. The van der Waals surface area contributed by atoms with Crippen LogP contribution in [0, 0.1) is 5.92 Å². The van der Waals surface area contributed by atoms with Crippen LogP contribution in [-0.2, 0) is 4.79 Å². The van der Waals surface area contributed by atoms with Gasteiger partial charge in [-0.2, -0.15) is 18.2 Å². The smallest absolute Gasteiger partial charge is 0.422 e. The summed E-state index contributed by atoms with van der Waals surface area (Å²) in [7, 11) is 0. The molecule has 2 heterocycles. The number of carbonyl (C=O) groups is 1. The molecule has 30 heavy (non-hydrogen) atoms. The van der Waals surface area contributed by atoms with Crippen molar-refractivity contribution in [1.29, 1.82) is 0 Å². The molecule has 1 aliphatic heterocycles. The van der Waals surface area contributed by atoms with Crippen LogP contribution in [0.2, 0.25) is 0 Å². The number of carbonyl (C=O) groups excluding carboxylic acids is 1. The first-order chi connectivity index (χ1) is 14.4. The average molecular weight is 419 g/mol. The number of amides is 1. The highest BCUT2D eigenvalue weighted by Gasteiger charge is 2.30. The number of benzene rings is 2. The molecule has 1 amide bonds. The molecule has 4 rings (SSSR count). The summed E-state index contributed by atoms with van der Waals surface area (Å²) in [6.45, 7) is -0.225. The fourth-order valence-corrected chi connectivity index (χ4v) is 3.42. The van der Waals surface area contributed by atoms with Crippen LogP contribution in [-0.4, -0.2) is 36.8 Å². The van der Waals surface area contributed by atoms with Crippen LogP contribution in [0.15, 0.2) is 52.9 Å². The summed E-state index contributed by atoms with van der Waals surface area (Å²) >= 11 is 0. The summed E-state index contributed by atoms with van der Waals surface area (Å²) in [4.78, 5) is 19.1. The van der Waals surface area contributed by atoms with E-state index < -0.39 is 12.8 Å². The lowest BCUT2D eigenvalue weighted by molar-refractivity contribution is -0.153. The number of hydrogen-bond acceptors (Lipinski definition) is 5. The summed E-state index contributed by atoms with van der Waals surface area (Å²) in [6.07, 6.45) is -3.29. The molecule has 1 saturated heterocycles. The molecule has 0 unspecified atom stereocenters. The van der Waals surface area contributed by atoms with Crippen molar-refractivity contribution in [2.24, 2.45) is 5.92 Å². The van der Waals surface area contributed by atoms with Crippen molar-refractivity contribution in [3.05, 3.63) is 48.5 Å². The van der Waals surface area contributed by atoms with Crippen LogP contribution in [0.4, 0.5) is 24.9 Å². The highest BCUT2D eigenvalue weighted by atomic mass is 19.4. The maximum absolute atomic E-state index is 12.7. The van der Waals surface area contributed by atoms with Gasteiger partial charge in [-0.15, -0.1) is 0 Å². The number of fused-ring (bicyclic) bond motifs is 1. The quantitative estimate of drug-likeness (QED) is 0.654. The van der Waals surface area contributed by atoms with Gasteiger partial charge in [0.05, 0.1) is 5.69 Å². The van der Waals surface area contributed by atoms with Crippen LogP contribution < -0.4 is 15.0 Å². The monoisotopic (exact) mass is 419 g/mol. The van der Waals surface area contributed by atoms with E-state index in [4.69, 9.17) is 9.15 Å². The normalized spacial score (nSPS) is 15.4. The fraction of sp³-hybridized carbons (Fsp3) is 0.333. The molecule has 1 N–H and O–H groups in total. The number of hydrogen-bond donors (Lipinski definition) is 1. The number of para-hydroxylation sites is 4. The Morgan fingerprint density at radius 3 is 2.57 bits per heavy atom. The van der Waals surface area contributed by atoms with E-state index in [1.807, 2.05) is 29.2 Å². The number of piperidine rings is 1. The van der Waals surface area contributed by atoms with E-state index >= 15 is 0 Å². The standard InChI is InChI=1S/C21H20F3N3O3/c22-21(23,24)13-29-17-7-3-1-5-15(17)25-19(28)14-9-11-27(12-10-14)20-26-16-6-2-4-8-18(16)30-20/h1-8,14H,9-13H2,(H,25,28). The molecule has 2 aromatic carbocycles.